The van der Waals surface area contributed by atoms with Crippen LogP contribution in [0.15, 0.2) is 24.3 Å². The maximum absolute atomic E-state index is 12.0. The number of hydrogen-bond donors (Lipinski definition) is 1. The minimum atomic E-state index is 0.263. The van der Waals surface area contributed by atoms with E-state index < -0.39 is 0 Å². The predicted octanol–water partition coefficient (Wildman–Crippen LogP) is 3.81. The second kappa shape index (κ2) is 8.22. The van der Waals surface area contributed by atoms with Crippen LogP contribution in [-0.2, 0) is 4.79 Å². The highest BCUT2D eigenvalue weighted by molar-refractivity contribution is 5.95. The molecule has 0 aromatic heterocycles. The van der Waals surface area contributed by atoms with Gasteiger partial charge in [0.2, 0.25) is 5.91 Å². The van der Waals surface area contributed by atoms with E-state index in [2.05, 4.69) is 55.3 Å². The van der Waals surface area contributed by atoms with Gasteiger partial charge < -0.3 is 15.1 Å². The summed E-state index contributed by atoms with van der Waals surface area (Å²) in [6.45, 7) is 9.93. The first-order valence-corrected chi connectivity index (χ1v) is 9.94. The smallest absolute Gasteiger partial charge is 0.227 e. The molecule has 3 rings (SSSR count). The lowest BCUT2D eigenvalue weighted by molar-refractivity contribution is -0.117. The summed E-state index contributed by atoms with van der Waals surface area (Å²) in [4.78, 5) is 16.4. The maximum Gasteiger partial charge on any atom is 0.227 e. The van der Waals surface area contributed by atoms with E-state index in [-0.39, 0.29) is 5.91 Å². The predicted molar refractivity (Wildman–Crippen MR) is 105 cm³/mol. The standard InChI is InChI=1S/C21H33N3O/c1-16(2)14-17(3)22-18-9-12-23(13-10-18)19-6-4-7-20(15-19)24-11-5-8-21(24)25/h4,6-7,15-18,22H,5,8-14H2,1-3H3. The maximum atomic E-state index is 12.0. The Hall–Kier alpha value is -1.55. The summed E-state index contributed by atoms with van der Waals surface area (Å²) in [6.07, 6.45) is 5.29. The molecule has 138 valence electrons. The van der Waals surface area contributed by atoms with Gasteiger partial charge in [0.1, 0.15) is 0 Å². The number of hydrogen-bond acceptors (Lipinski definition) is 3. The van der Waals surface area contributed by atoms with Crippen molar-refractivity contribution in [2.75, 3.05) is 29.4 Å². The lowest BCUT2D eigenvalue weighted by Gasteiger charge is -2.36. The number of rotatable bonds is 6. The topological polar surface area (TPSA) is 35.6 Å². The van der Waals surface area contributed by atoms with E-state index in [9.17, 15) is 4.79 Å². The third-order valence-electron chi connectivity index (χ3n) is 5.42. The molecule has 4 nitrogen and oxygen atoms in total. The summed E-state index contributed by atoms with van der Waals surface area (Å²) in [6, 6.07) is 9.76. The fourth-order valence-corrected chi connectivity index (χ4v) is 4.26. The van der Waals surface area contributed by atoms with Gasteiger partial charge >= 0.3 is 0 Å². The Balaban J connectivity index is 1.55. The van der Waals surface area contributed by atoms with Crippen LogP contribution in [0.25, 0.3) is 0 Å². The number of nitrogens with zero attached hydrogens (tertiary/aromatic N) is 2. The molecule has 2 fully saturated rings. The van der Waals surface area contributed by atoms with E-state index in [0.717, 1.165) is 37.7 Å². The van der Waals surface area contributed by atoms with E-state index in [1.807, 2.05) is 4.90 Å². The van der Waals surface area contributed by atoms with Crippen LogP contribution in [0.3, 0.4) is 0 Å². The van der Waals surface area contributed by atoms with Gasteiger partial charge in [-0.25, -0.2) is 0 Å². The fourth-order valence-electron chi connectivity index (χ4n) is 4.26. The van der Waals surface area contributed by atoms with Gasteiger partial charge in [0, 0.05) is 49.5 Å². The average molecular weight is 344 g/mol. The first-order chi connectivity index (χ1) is 12.0. The first kappa shape index (κ1) is 18.2. The van der Waals surface area contributed by atoms with E-state index >= 15 is 0 Å². The fraction of sp³-hybridized carbons (Fsp3) is 0.667. The molecule has 1 atom stereocenters. The zero-order valence-corrected chi connectivity index (χ0v) is 16.0. The lowest BCUT2D eigenvalue weighted by atomic mass is 10.00. The summed E-state index contributed by atoms with van der Waals surface area (Å²) >= 11 is 0. The minimum Gasteiger partial charge on any atom is -0.371 e. The van der Waals surface area contributed by atoms with Gasteiger partial charge in [-0.1, -0.05) is 19.9 Å². The van der Waals surface area contributed by atoms with Crippen LogP contribution in [0.5, 0.6) is 0 Å². The molecule has 1 amide bonds. The van der Waals surface area contributed by atoms with E-state index in [1.54, 1.807) is 0 Å². The van der Waals surface area contributed by atoms with Gasteiger partial charge in [-0.3, -0.25) is 4.79 Å². The molecule has 0 spiro atoms. The summed E-state index contributed by atoms with van der Waals surface area (Å²) in [5, 5.41) is 3.80. The van der Waals surface area contributed by atoms with Crippen molar-refractivity contribution in [1.29, 1.82) is 0 Å². The van der Waals surface area contributed by atoms with Crippen molar-refractivity contribution in [3.63, 3.8) is 0 Å². The molecule has 1 aromatic carbocycles. The average Bonchev–Trinajstić information content (AvgIpc) is 3.01. The van der Waals surface area contributed by atoms with Gasteiger partial charge in [0.15, 0.2) is 0 Å². The van der Waals surface area contributed by atoms with Crippen molar-refractivity contribution in [2.45, 2.75) is 65.0 Å². The quantitative estimate of drug-likeness (QED) is 0.853. The molecule has 1 N–H and O–H groups in total. The third kappa shape index (κ3) is 4.75. The Kier molecular flexibility index (Phi) is 6.00. The van der Waals surface area contributed by atoms with Crippen LogP contribution in [0.4, 0.5) is 11.4 Å². The highest BCUT2D eigenvalue weighted by atomic mass is 16.2. The number of benzene rings is 1. The van der Waals surface area contributed by atoms with Crippen LogP contribution >= 0.6 is 0 Å². The van der Waals surface area contributed by atoms with Crippen molar-refractivity contribution >= 4 is 17.3 Å². The molecule has 2 aliphatic rings. The van der Waals surface area contributed by atoms with Crippen molar-refractivity contribution in [1.82, 2.24) is 5.32 Å². The Morgan fingerprint density at radius 1 is 1.12 bits per heavy atom. The van der Waals surface area contributed by atoms with Gasteiger partial charge in [0.25, 0.3) is 0 Å². The Bertz CT molecular complexity index is 578. The minimum absolute atomic E-state index is 0.263. The van der Waals surface area contributed by atoms with E-state index in [1.165, 1.54) is 24.9 Å². The molecule has 1 aromatic rings. The van der Waals surface area contributed by atoms with Crippen molar-refractivity contribution in [3.05, 3.63) is 24.3 Å². The number of amides is 1. The monoisotopic (exact) mass is 343 g/mol. The molecular weight excluding hydrogens is 310 g/mol. The van der Waals surface area contributed by atoms with Crippen LogP contribution < -0.4 is 15.1 Å². The number of carbonyl (C=O) groups is 1. The van der Waals surface area contributed by atoms with Gasteiger partial charge in [-0.05, 0) is 56.7 Å². The van der Waals surface area contributed by atoms with Crippen molar-refractivity contribution in [2.24, 2.45) is 5.92 Å². The van der Waals surface area contributed by atoms with Gasteiger partial charge in [0.05, 0.1) is 0 Å². The molecule has 4 heteroatoms. The van der Waals surface area contributed by atoms with Crippen molar-refractivity contribution in [3.8, 4) is 0 Å². The van der Waals surface area contributed by atoms with Crippen LogP contribution in [-0.4, -0.2) is 37.6 Å². The Morgan fingerprint density at radius 3 is 2.48 bits per heavy atom. The van der Waals surface area contributed by atoms with Crippen LogP contribution in [0, 0.1) is 5.92 Å². The normalized spacial score (nSPS) is 20.6. The molecule has 2 saturated heterocycles. The number of carbonyl (C=O) groups excluding carboxylic acids is 1. The molecule has 1 unspecified atom stereocenters. The number of piperidine rings is 1. The van der Waals surface area contributed by atoms with E-state index in [0.29, 0.717) is 18.5 Å². The Labute approximate surface area is 152 Å². The van der Waals surface area contributed by atoms with Crippen LogP contribution in [0.1, 0.15) is 52.9 Å². The molecule has 2 aliphatic heterocycles. The zero-order chi connectivity index (χ0) is 17.8. The highest BCUT2D eigenvalue weighted by Gasteiger charge is 2.24. The van der Waals surface area contributed by atoms with E-state index in [4.69, 9.17) is 0 Å². The first-order valence-electron chi connectivity index (χ1n) is 9.94. The molecule has 0 radical (unpaired) electrons. The number of nitrogens with one attached hydrogen (secondary N) is 1. The zero-order valence-electron chi connectivity index (χ0n) is 16.0. The molecular formula is C21H33N3O. The molecule has 0 aliphatic carbocycles. The molecule has 0 saturated carbocycles. The molecule has 0 bridgehead atoms. The second-order valence-electron chi connectivity index (χ2n) is 8.13. The molecule has 2 heterocycles. The largest absolute Gasteiger partial charge is 0.371 e. The third-order valence-corrected chi connectivity index (χ3v) is 5.42. The summed E-state index contributed by atoms with van der Waals surface area (Å²) in [5.41, 5.74) is 2.32. The molecule has 25 heavy (non-hydrogen) atoms. The summed E-state index contributed by atoms with van der Waals surface area (Å²) in [5.74, 6) is 1.01. The number of anilines is 2. The highest BCUT2D eigenvalue weighted by Crippen LogP contribution is 2.28. The van der Waals surface area contributed by atoms with Gasteiger partial charge in [-0.15, -0.1) is 0 Å². The second-order valence-corrected chi connectivity index (χ2v) is 8.13. The summed E-state index contributed by atoms with van der Waals surface area (Å²) in [7, 11) is 0. The van der Waals surface area contributed by atoms with Gasteiger partial charge in [-0.2, -0.15) is 0 Å². The lowest BCUT2D eigenvalue weighted by Crippen LogP contribution is -2.45. The van der Waals surface area contributed by atoms with Crippen LogP contribution in [0.2, 0.25) is 0 Å². The SMILES string of the molecule is CC(C)CC(C)NC1CCN(c2cccc(N3CCCC3=O)c2)CC1. The Morgan fingerprint density at radius 2 is 1.84 bits per heavy atom. The summed E-state index contributed by atoms with van der Waals surface area (Å²) < 4.78 is 0. The van der Waals surface area contributed by atoms with Crippen molar-refractivity contribution < 1.29 is 4.79 Å².